The molecule has 0 radical (unpaired) electrons. The molecule has 1 amide bonds. The molecule has 2 aromatic heterocycles. The molecule has 0 bridgehead atoms. The highest BCUT2D eigenvalue weighted by molar-refractivity contribution is 7.99. The Kier molecular flexibility index (Phi) is 7.19. The fourth-order valence-electron chi connectivity index (χ4n) is 3.91. The van der Waals surface area contributed by atoms with E-state index >= 15 is 0 Å². The number of esters is 1. The second-order valence-corrected chi connectivity index (χ2v) is 10.5. The maximum Gasteiger partial charge on any atom is 0.341 e. The summed E-state index contributed by atoms with van der Waals surface area (Å²) in [4.78, 5) is 26.8. The molecule has 174 valence electrons. The van der Waals surface area contributed by atoms with Gasteiger partial charge in [0.05, 0.1) is 17.4 Å². The smallest absolute Gasteiger partial charge is 0.341 e. The molecule has 0 saturated heterocycles. The van der Waals surface area contributed by atoms with Crippen LogP contribution in [0.25, 0.3) is 11.4 Å². The first-order chi connectivity index (χ1) is 15.8. The number of ether oxygens (including phenoxy) is 1. The van der Waals surface area contributed by atoms with Crippen LogP contribution in [0.5, 0.6) is 0 Å². The number of fused-ring (bicyclic) bond motifs is 1. The topological polar surface area (TPSA) is 86.1 Å². The second kappa shape index (κ2) is 10.1. The number of thioether (sulfide) groups is 1. The normalized spacial score (nSPS) is 13.1. The summed E-state index contributed by atoms with van der Waals surface area (Å²) in [5, 5.41) is 12.8. The molecule has 2 heterocycles. The number of hydrogen-bond acceptors (Lipinski definition) is 7. The molecule has 0 spiro atoms. The van der Waals surface area contributed by atoms with E-state index in [1.54, 1.807) is 0 Å². The van der Waals surface area contributed by atoms with Crippen LogP contribution in [0.2, 0.25) is 0 Å². The van der Waals surface area contributed by atoms with Crippen molar-refractivity contribution in [1.82, 2.24) is 14.8 Å². The third kappa shape index (κ3) is 5.30. The number of carbonyl (C=O) groups is 2. The summed E-state index contributed by atoms with van der Waals surface area (Å²) in [7, 11) is 1.89. The van der Waals surface area contributed by atoms with E-state index in [1.165, 1.54) is 28.0 Å². The lowest BCUT2D eigenvalue weighted by Crippen LogP contribution is -2.19. The highest BCUT2D eigenvalue weighted by Crippen LogP contribution is 2.39. The van der Waals surface area contributed by atoms with Gasteiger partial charge in [0.2, 0.25) is 5.91 Å². The van der Waals surface area contributed by atoms with Crippen molar-refractivity contribution in [1.29, 1.82) is 0 Å². The number of carbonyl (C=O) groups excluding carboxylic acids is 2. The Hall–Kier alpha value is -2.65. The van der Waals surface area contributed by atoms with Crippen molar-refractivity contribution in [3.63, 3.8) is 0 Å². The molecule has 0 fully saturated rings. The van der Waals surface area contributed by atoms with Gasteiger partial charge in [0.15, 0.2) is 11.0 Å². The summed E-state index contributed by atoms with van der Waals surface area (Å²) in [6.07, 6.45) is 3.72. The van der Waals surface area contributed by atoms with Gasteiger partial charge in [-0.25, -0.2) is 4.79 Å². The number of rotatable bonds is 7. The van der Waals surface area contributed by atoms with Gasteiger partial charge in [0.1, 0.15) is 5.00 Å². The fourth-order valence-corrected chi connectivity index (χ4v) is 5.92. The van der Waals surface area contributed by atoms with Crippen molar-refractivity contribution < 1.29 is 14.3 Å². The second-order valence-electron chi connectivity index (χ2n) is 8.44. The molecule has 0 atom stereocenters. The molecule has 1 aliphatic rings. The van der Waals surface area contributed by atoms with Crippen molar-refractivity contribution in [3.8, 4) is 11.4 Å². The number of hydrogen-bond donors (Lipinski definition) is 1. The lowest BCUT2D eigenvalue weighted by atomic mass is 9.95. The Labute approximate surface area is 201 Å². The number of nitrogens with zero attached hydrogens (tertiary/aromatic N) is 3. The quantitative estimate of drug-likeness (QED) is 0.374. The van der Waals surface area contributed by atoms with Crippen LogP contribution in [0.4, 0.5) is 5.00 Å². The van der Waals surface area contributed by atoms with Crippen LogP contribution in [-0.2, 0) is 29.4 Å². The number of anilines is 1. The van der Waals surface area contributed by atoms with Crippen molar-refractivity contribution in [3.05, 3.63) is 45.8 Å². The first kappa shape index (κ1) is 23.5. The van der Waals surface area contributed by atoms with Crippen LogP contribution in [0, 0.1) is 6.92 Å². The van der Waals surface area contributed by atoms with E-state index in [9.17, 15) is 9.59 Å². The maximum absolute atomic E-state index is 12.8. The predicted molar refractivity (Wildman–Crippen MR) is 132 cm³/mol. The van der Waals surface area contributed by atoms with Gasteiger partial charge < -0.3 is 14.6 Å². The summed E-state index contributed by atoms with van der Waals surface area (Å²) in [5.74, 6) is 0.383. The molecule has 0 unspecified atom stereocenters. The van der Waals surface area contributed by atoms with Crippen molar-refractivity contribution in [2.24, 2.45) is 7.05 Å². The van der Waals surface area contributed by atoms with E-state index in [1.807, 2.05) is 50.6 Å². The fraction of sp³-hybridized carbons (Fsp3) is 0.417. The van der Waals surface area contributed by atoms with Gasteiger partial charge in [-0.3, -0.25) is 4.79 Å². The number of aromatic nitrogens is 3. The van der Waals surface area contributed by atoms with Crippen LogP contribution in [0.15, 0.2) is 29.4 Å². The Bertz CT molecular complexity index is 1180. The molecule has 4 rings (SSSR count). The van der Waals surface area contributed by atoms with Gasteiger partial charge in [0.25, 0.3) is 0 Å². The maximum atomic E-state index is 12.8. The number of thiophene rings is 1. The number of aryl methyl sites for hydroxylation is 2. The van der Waals surface area contributed by atoms with E-state index in [0.717, 1.165) is 48.2 Å². The zero-order valence-electron chi connectivity index (χ0n) is 19.3. The van der Waals surface area contributed by atoms with Crippen molar-refractivity contribution in [2.75, 3.05) is 11.1 Å². The van der Waals surface area contributed by atoms with Crippen LogP contribution < -0.4 is 5.32 Å². The first-order valence-electron chi connectivity index (χ1n) is 11.1. The van der Waals surface area contributed by atoms with Crippen LogP contribution >= 0.6 is 23.1 Å². The Morgan fingerprint density at radius 1 is 1.24 bits per heavy atom. The van der Waals surface area contributed by atoms with Crippen molar-refractivity contribution in [2.45, 2.75) is 57.7 Å². The average molecular weight is 485 g/mol. The predicted octanol–water partition coefficient (Wildman–Crippen LogP) is 5.03. The number of amides is 1. The minimum atomic E-state index is -0.358. The summed E-state index contributed by atoms with van der Waals surface area (Å²) in [5.41, 5.74) is 3.70. The number of benzene rings is 1. The third-order valence-electron chi connectivity index (χ3n) is 5.41. The van der Waals surface area contributed by atoms with Crippen LogP contribution in [0.1, 0.15) is 53.1 Å². The Morgan fingerprint density at radius 3 is 2.79 bits per heavy atom. The lowest BCUT2D eigenvalue weighted by molar-refractivity contribution is -0.113. The number of nitrogens with one attached hydrogen (secondary N) is 1. The lowest BCUT2D eigenvalue weighted by Gasteiger charge is -2.14. The molecule has 0 aliphatic heterocycles. The largest absolute Gasteiger partial charge is 0.459 e. The summed E-state index contributed by atoms with van der Waals surface area (Å²) >= 11 is 2.82. The molecular weight excluding hydrogens is 456 g/mol. The van der Waals surface area contributed by atoms with E-state index in [4.69, 9.17) is 4.74 Å². The summed E-state index contributed by atoms with van der Waals surface area (Å²) in [6.45, 7) is 5.70. The van der Waals surface area contributed by atoms with Gasteiger partial charge >= 0.3 is 5.97 Å². The zero-order chi connectivity index (χ0) is 23.5. The highest BCUT2D eigenvalue weighted by atomic mass is 32.2. The van der Waals surface area contributed by atoms with Gasteiger partial charge in [-0.1, -0.05) is 35.5 Å². The van der Waals surface area contributed by atoms with Crippen molar-refractivity contribution >= 4 is 40.0 Å². The molecule has 7 nitrogen and oxygen atoms in total. The highest BCUT2D eigenvalue weighted by Gasteiger charge is 2.28. The summed E-state index contributed by atoms with van der Waals surface area (Å²) in [6, 6.07) is 8.08. The monoisotopic (exact) mass is 484 g/mol. The molecule has 9 heteroatoms. The molecule has 3 aromatic rings. The van der Waals surface area contributed by atoms with E-state index in [-0.39, 0.29) is 23.7 Å². The molecular formula is C24H28N4O3S2. The molecule has 33 heavy (non-hydrogen) atoms. The van der Waals surface area contributed by atoms with E-state index in [0.29, 0.717) is 15.7 Å². The Balaban J connectivity index is 1.47. The molecule has 1 aliphatic carbocycles. The minimum absolute atomic E-state index is 0.168. The summed E-state index contributed by atoms with van der Waals surface area (Å²) < 4.78 is 7.36. The SMILES string of the molecule is Cc1cccc(-c2nnc(SCC(=O)Nc3sc4c(c3C(=O)OC(C)C)CCCC4)n2C)c1. The van der Waals surface area contributed by atoms with E-state index in [2.05, 4.69) is 21.6 Å². The molecule has 0 saturated carbocycles. The molecule has 1 aromatic carbocycles. The average Bonchev–Trinajstić information content (AvgIpc) is 3.31. The van der Waals surface area contributed by atoms with Gasteiger partial charge in [-0.2, -0.15) is 0 Å². The van der Waals surface area contributed by atoms with Gasteiger partial charge in [-0.15, -0.1) is 21.5 Å². The van der Waals surface area contributed by atoms with Crippen LogP contribution in [-0.4, -0.2) is 38.5 Å². The molecule has 1 N–H and O–H groups in total. The van der Waals surface area contributed by atoms with Crippen LogP contribution in [0.3, 0.4) is 0 Å². The first-order valence-corrected chi connectivity index (χ1v) is 12.9. The zero-order valence-corrected chi connectivity index (χ0v) is 20.9. The van der Waals surface area contributed by atoms with Gasteiger partial charge in [-0.05, 0) is 58.1 Å². The Morgan fingerprint density at radius 2 is 2.03 bits per heavy atom. The minimum Gasteiger partial charge on any atom is -0.459 e. The van der Waals surface area contributed by atoms with E-state index < -0.39 is 0 Å². The third-order valence-corrected chi connectivity index (χ3v) is 7.64. The standard InChI is InChI=1S/C24H28N4O3S2/c1-14(2)31-23(30)20-17-10-5-6-11-18(17)33-22(20)25-19(29)13-32-24-27-26-21(28(24)4)16-9-7-8-15(3)12-16/h7-9,12,14H,5-6,10-11,13H2,1-4H3,(H,25,29). The van der Waals surface area contributed by atoms with Gasteiger partial charge in [0, 0.05) is 17.5 Å².